The zero-order valence-electron chi connectivity index (χ0n) is 13.7. The molecule has 1 amide bonds. The van der Waals surface area contributed by atoms with Gasteiger partial charge < -0.3 is 10.1 Å². The number of ether oxygens (including phenoxy) is 1. The summed E-state index contributed by atoms with van der Waals surface area (Å²) in [4.78, 5) is 14.4. The number of nitrogens with one attached hydrogen (secondary N) is 1. The molecule has 2 atom stereocenters. The number of benzene rings is 1. The molecule has 1 aliphatic heterocycles. The fourth-order valence-corrected chi connectivity index (χ4v) is 3.17. The van der Waals surface area contributed by atoms with Crippen LogP contribution in [0.15, 0.2) is 12.1 Å². The molecule has 4 nitrogen and oxygen atoms in total. The lowest BCUT2D eigenvalue weighted by molar-refractivity contribution is -0.121. The summed E-state index contributed by atoms with van der Waals surface area (Å²) in [6, 6.07) is 4.20. The van der Waals surface area contributed by atoms with Crippen LogP contribution in [0.1, 0.15) is 30.5 Å². The molecule has 0 aliphatic carbocycles. The first-order valence-corrected chi connectivity index (χ1v) is 7.60. The SMILES string of the molecule is Cc1cc(C)c(NC(=O)CN2C[C@@H](C)O[C@@H](C)C2)c(C)c1. The molecule has 0 bridgehead atoms. The first-order chi connectivity index (χ1) is 9.85. The molecular formula is C17H26N2O2. The zero-order chi connectivity index (χ0) is 15.6. The van der Waals surface area contributed by atoms with E-state index < -0.39 is 0 Å². The third-order valence-electron chi connectivity index (χ3n) is 3.80. The van der Waals surface area contributed by atoms with Crippen molar-refractivity contribution in [3.8, 4) is 0 Å². The predicted molar refractivity (Wildman–Crippen MR) is 85.7 cm³/mol. The number of hydrogen-bond donors (Lipinski definition) is 1. The smallest absolute Gasteiger partial charge is 0.238 e. The summed E-state index contributed by atoms with van der Waals surface area (Å²) in [6.07, 6.45) is 0.369. The Labute approximate surface area is 127 Å². The van der Waals surface area contributed by atoms with Crippen LogP contribution in [-0.2, 0) is 9.53 Å². The molecule has 1 N–H and O–H groups in total. The maximum atomic E-state index is 12.3. The minimum absolute atomic E-state index is 0.0475. The van der Waals surface area contributed by atoms with Crippen LogP contribution < -0.4 is 5.32 Å². The van der Waals surface area contributed by atoms with Crippen LogP contribution in [0.25, 0.3) is 0 Å². The number of carbonyl (C=O) groups excluding carboxylic acids is 1. The van der Waals surface area contributed by atoms with Crippen molar-refractivity contribution < 1.29 is 9.53 Å². The van der Waals surface area contributed by atoms with Gasteiger partial charge in [-0.3, -0.25) is 9.69 Å². The van der Waals surface area contributed by atoms with Crippen LogP contribution >= 0.6 is 0 Å². The zero-order valence-corrected chi connectivity index (χ0v) is 13.7. The van der Waals surface area contributed by atoms with E-state index in [2.05, 4.69) is 43.1 Å². The second-order valence-electron chi connectivity index (χ2n) is 6.27. The fourth-order valence-electron chi connectivity index (χ4n) is 3.17. The summed E-state index contributed by atoms with van der Waals surface area (Å²) in [5.74, 6) is 0.0475. The van der Waals surface area contributed by atoms with Crippen LogP contribution in [0.4, 0.5) is 5.69 Å². The average Bonchev–Trinajstić information content (AvgIpc) is 2.32. The highest BCUT2D eigenvalue weighted by atomic mass is 16.5. The van der Waals surface area contributed by atoms with Gasteiger partial charge in [0.15, 0.2) is 0 Å². The highest BCUT2D eigenvalue weighted by Gasteiger charge is 2.23. The van der Waals surface area contributed by atoms with Gasteiger partial charge in [0.2, 0.25) is 5.91 Å². The highest BCUT2D eigenvalue weighted by molar-refractivity contribution is 5.93. The van der Waals surface area contributed by atoms with Gasteiger partial charge in [0, 0.05) is 18.8 Å². The predicted octanol–water partition coefficient (Wildman–Crippen LogP) is 2.66. The van der Waals surface area contributed by atoms with E-state index in [4.69, 9.17) is 4.74 Å². The van der Waals surface area contributed by atoms with E-state index >= 15 is 0 Å². The summed E-state index contributed by atoms with van der Waals surface area (Å²) in [7, 11) is 0. The van der Waals surface area contributed by atoms with Gasteiger partial charge in [-0.05, 0) is 45.7 Å². The Morgan fingerprint density at radius 2 is 1.71 bits per heavy atom. The molecule has 0 radical (unpaired) electrons. The Bertz CT molecular complexity index is 495. The monoisotopic (exact) mass is 290 g/mol. The van der Waals surface area contributed by atoms with Gasteiger partial charge in [0.25, 0.3) is 0 Å². The van der Waals surface area contributed by atoms with Gasteiger partial charge >= 0.3 is 0 Å². The third-order valence-corrected chi connectivity index (χ3v) is 3.80. The molecule has 116 valence electrons. The van der Waals surface area contributed by atoms with Crippen molar-refractivity contribution in [2.24, 2.45) is 0 Å². The Kier molecular flexibility index (Phi) is 5.01. The van der Waals surface area contributed by atoms with Gasteiger partial charge in [-0.25, -0.2) is 0 Å². The summed E-state index contributed by atoms with van der Waals surface area (Å²) in [6.45, 7) is 12.3. The number of aryl methyl sites for hydroxylation is 3. The van der Waals surface area contributed by atoms with Crippen LogP contribution in [0.2, 0.25) is 0 Å². The van der Waals surface area contributed by atoms with Crippen LogP contribution in [0.5, 0.6) is 0 Å². The summed E-state index contributed by atoms with van der Waals surface area (Å²) in [5, 5.41) is 3.06. The topological polar surface area (TPSA) is 41.6 Å². The lowest BCUT2D eigenvalue weighted by Gasteiger charge is -2.34. The number of anilines is 1. The molecule has 1 aliphatic rings. The highest BCUT2D eigenvalue weighted by Crippen LogP contribution is 2.22. The maximum absolute atomic E-state index is 12.3. The van der Waals surface area contributed by atoms with Crippen molar-refractivity contribution in [2.45, 2.75) is 46.8 Å². The van der Waals surface area contributed by atoms with E-state index in [0.717, 1.165) is 29.9 Å². The van der Waals surface area contributed by atoms with Crippen LogP contribution in [0, 0.1) is 20.8 Å². The molecule has 1 fully saturated rings. The van der Waals surface area contributed by atoms with Gasteiger partial charge in [0.05, 0.1) is 18.8 Å². The maximum Gasteiger partial charge on any atom is 0.238 e. The summed E-state index contributed by atoms with van der Waals surface area (Å²) in [5.41, 5.74) is 4.40. The number of morpholine rings is 1. The quantitative estimate of drug-likeness (QED) is 0.930. The molecule has 0 spiro atoms. The molecule has 0 unspecified atom stereocenters. The minimum atomic E-state index is 0.0475. The largest absolute Gasteiger partial charge is 0.373 e. The molecule has 2 rings (SSSR count). The number of carbonyl (C=O) groups is 1. The van der Waals surface area contributed by atoms with E-state index in [0.29, 0.717) is 6.54 Å². The number of amides is 1. The molecule has 4 heteroatoms. The second-order valence-corrected chi connectivity index (χ2v) is 6.27. The molecule has 0 aromatic heterocycles. The van der Waals surface area contributed by atoms with Crippen LogP contribution in [-0.4, -0.2) is 42.6 Å². The molecular weight excluding hydrogens is 264 g/mol. The number of hydrogen-bond acceptors (Lipinski definition) is 3. The van der Waals surface area contributed by atoms with E-state index in [9.17, 15) is 4.79 Å². The standard InChI is InChI=1S/C17H26N2O2/c1-11-6-12(2)17(13(3)7-11)18-16(20)10-19-8-14(4)21-15(5)9-19/h6-7,14-15H,8-10H2,1-5H3,(H,18,20)/t14-,15+. The molecule has 1 aromatic carbocycles. The molecule has 21 heavy (non-hydrogen) atoms. The van der Waals surface area contributed by atoms with Crippen molar-refractivity contribution in [3.63, 3.8) is 0 Å². The van der Waals surface area contributed by atoms with Crippen molar-refractivity contribution in [3.05, 3.63) is 28.8 Å². The van der Waals surface area contributed by atoms with Crippen LogP contribution in [0.3, 0.4) is 0 Å². The van der Waals surface area contributed by atoms with Gasteiger partial charge in [-0.15, -0.1) is 0 Å². The Hall–Kier alpha value is -1.39. The van der Waals surface area contributed by atoms with Gasteiger partial charge in [-0.2, -0.15) is 0 Å². The van der Waals surface area contributed by atoms with Crippen molar-refractivity contribution >= 4 is 11.6 Å². The number of rotatable bonds is 3. The van der Waals surface area contributed by atoms with Crippen molar-refractivity contribution in [2.75, 3.05) is 25.0 Å². The van der Waals surface area contributed by atoms with E-state index in [1.165, 1.54) is 5.56 Å². The Morgan fingerprint density at radius 1 is 1.19 bits per heavy atom. The lowest BCUT2D eigenvalue weighted by Crippen LogP contribution is -2.48. The number of nitrogens with zero attached hydrogens (tertiary/aromatic N) is 1. The normalized spacial score (nSPS) is 23.1. The molecule has 1 saturated heterocycles. The Balaban J connectivity index is 1.99. The van der Waals surface area contributed by atoms with E-state index in [-0.39, 0.29) is 18.1 Å². The fraction of sp³-hybridized carbons (Fsp3) is 0.588. The van der Waals surface area contributed by atoms with E-state index in [1.54, 1.807) is 0 Å². The molecule has 1 heterocycles. The van der Waals surface area contributed by atoms with Gasteiger partial charge in [-0.1, -0.05) is 17.7 Å². The minimum Gasteiger partial charge on any atom is -0.373 e. The van der Waals surface area contributed by atoms with Crippen molar-refractivity contribution in [1.29, 1.82) is 0 Å². The second kappa shape index (κ2) is 6.58. The first kappa shape index (κ1) is 16.0. The third kappa shape index (κ3) is 4.29. The Morgan fingerprint density at radius 3 is 2.24 bits per heavy atom. The summed E-state index contributed by atoms with van der Waals surface area (Å²) < 4.78 is 5.69. The lowest BCUT2D eigenvalue weighted by atomic mass is 10.1. The average molecular weight is 290 g/mol. The summed E-state index contributed by atoms with van der Waals surface area (Å²) >= 11 is 0. The van der Waals surface area contributed by atoms with Gasteiger partial charge in [0.1, 0.15) is 0 Å². The molecule has 0 saturated carbocycles. The van der Waals surface area contributed by atoms with E-state index in [1.807, 2.05) is 13.8 Å². The first-order valence-electron chi connectivity index (χ1n) is 7.60. The van der Waals surface area contributed by atoms with Crippen molar-refractivity contribution in [1.82, 2.24) is 4.90 Å². The molecule has 1 aromatic rings.